The normalized spacial score (nSPS) is 14.7. The van der Waals surface area contributed by atoms with E-state index in [2.05, 4.69) is 5.32 Å². The average molecular weight is 481 g/mol. The Morgan fingerprint density at radius 1 is 1.00 bits per heavy atom. The summed E-state index contributed by atoms with van der Waals surface area (Å²) in [4.78, 5) is 24.8. The van der Waals surface area contributed by atoms with E-state index in [9.17, 15) is 22.4 Å². The maximum absolute atomic E-state index is 12.9. The van der Waals surface area contributed by atoms with Crippen molar-refractivity contribution in [2.24, 2.45) is 0 Å². The molecule has 2 aromatic carbocycles. The fourth-order valence-electron chi connectivity index (χ4n) is 3.16. The van der Waals surface area contributed by atoms with E-state index in [0.717, 1.165) is 24.2 Å². The van der Waals surface area contributed by atoms with Gasteiger partial charge in [-0.25, -0.2) is 12.8 Å². The van der Waals surface area contributed by atoms with Crippen LogP contribution in [0.4, 0.5) is 10.1 Å². The van der Waals surface area contributed by atoms with Gasteiger partial charge in [0.15, 0.2) is 6.61 Å². The van der Waals surface area contributed by atoms with Gasteiger partial charge in [-0.2, -0.15) is 4.31 Å². The van der Waals surface area contributed by atoms with Gasteiger partial charge in [0.1, 0.15) is 5.82 Å². The van der Waals surface area contributed by atoms with Gasteiger partial charge in [-0.05, 0) is 61.4 Å². The summed E-state index contributed by atoms with van der Waals surface area (Å²) in [7, 11) is -3.53. The monoisotopic (exact) mass is 480 g/mol. The molecule has 0 radical (unpaired) electrons. The summed E-state index contributed by atoms with van der Waals surface area (Å²) in [5.74, 6) is -0.911. The first-order chi connectivity index (χ1) is 15.3. The maximum Gasteiger partial charge on any atom is 0.307 e. The molecule has 1 saturated heterocycles. The van der Waals surface area contributed by atoms with Crippen LogP contribution in [-0.4, -0.2) is 50.0 Å². The van der Waals surface area contributed by atoms with Gasteiger partial charge in [0, 0.05) is 29.4 Å². The Labute approximate surface area is 191 Å². The number of carbonyl (C=O) groups excluding carboxylic acids is 2. The molecule has 1 aliphatic rings. The highest BCUT2D eigenvalue weighted by Crippen LogP contribution is 2.22. The van der Waals surface area contributed by atoms with Crippen molar-refractivity contribution in [1.82, 2.24) is 4.31 Å². The summed E-state index contributed by atoms with van der Waals surface area (Å²) in [6.45, 7) is 0.608. The number of hydrogen-bond donors (Lipinski definition) is 1. The minimum atomic E-state index is -3.53. The van der Waals surface area contributed by atoms with E-state index in [-0.39, 0.29) is 17.1 Å². The Bertz CT molecular complexity index is 1020. The predicted octanol–water partition coefficient (Wildman–Crippen LogP) is 3.66. The number of nitrogens with zero attached hydrogens (tertiary/aromatic N) is 1. The molecule has 0 spiro atoms. The van der Waals surface area contributed by atoms with Gasteiger partial charge in [-0.15, -0.1) is 11.8 Å². The molecule has 0 unspecified atom stereocenters. The number of thioether (sulfide) groups is 1. The van der Waals surface area contributed by atoms with E-state index in [1.807, 2.05) is 0 Å². The zero-order valence-corrected chi connectivity index (χ0v) is 19.1. The number of anilines is 1. The standard InChI is InChI=1S/C22H25FN2O5S2/c23-17-4-8-19(9-5-17)31-15-12-22(27)30-16-21(26)24-18-6-10-20(11-7-18)32(28,29)25-13-2-1-3-14-25/h4-11H,1-3,12-16H2,(H,24,26). The fourth-order valence-corrected chi connectivity index (χ4v) is 5.51. The van der Waals surface area contributed by atoms with E-state index in [4.69, 9.17) is 4.74 Å². The summed E-state index contributed by atoms with van der Waals surface area (Å²) in [5.41, 5.74) is 0.413. The van der Waals surface area contributed by atoms with Gasteiger partial charge >= 0.3 is 5.97 Å². The minimum absolute atomic E-state index is 0.110. The number of piperidine rings is 1. The molecule has 0 atom stereocenters. The average Bonchev–Trinajstić information content (AvgIpc) is 2.80. The molecule has 2 aromatic rings. The summed E-state index contributed by atoms with van der Waals surface area (Å²) in [5, 5.41) is 2.58. The van der Waals surface area contributed by atoms with E-state index in [1.165, 1.54) is 52.5 Å². The van der Waals surface area contributed by atoms with Crippen LogP contribution >= 0.6 is 11.8 Å². The van der Waals surface area contributed by atoms with Gasteiger partial charge in [0.05, 0.1) is 11.3 Å². The van der Waals surface area contributed by atoms with Gasteiger partial charge in [-0.3, -0.25) is 9.59 Å². The Morgan fingerprint density at radius 3 is 2.31 bits per heavy atom. The first-order valence-electron chi connectivity index (χ1n) is 10.3. The third kappa shape index (κ3) is 7.04. The molecule has 1 heterocycles. The molecule has 1 N–H and O–H groups in total. The van der Waals surface area contributed by atoms with Crippen LogP contribution in [0.1, 0.15) is 25.7 Å². The molecule has 1 aliphatic heterocycles. The van der Waals surface area contributed by atoms with Crippen molar-refractivity contribution >= 4 is 39.3 Å². The van der Waals surface area contributed by atoms with Crippen molar-refractivity contribution in [2.45, 2.75) is 35.5 Å². The molecule has 0 bridgehead atoms. The predicted molar refractivity (Wildman–Crippen MR) is 120 cm³/mol. The number of sulfonamides is 1. The van der Waals surface area contributed by atoms with E-state index < -0.39 is 28.5 Å². The third-order valence-electron chi connectivity index (χ3n) is 4.84. The zero-order valence-electron chi connectivity index (χ0n) is 17.5. The Kier molecular flexibility index (Phi) is 8.66. The Hall–Kier alpha value is -2.43. The summed E-state index contributed by atoms with van der Waals surface area (Å²) in [6.07, 6.45) is 2.86. The Balaban J connectivity index is 1.40. The van der Waals surface area contributed by atoms with Crippen molar-refractivity contribution in [2.75, 3.05) is 30.8 Å². The minimum Gasteiger partial charge on any atom is -0.456 e. The lowest BCUT2D eigenvalue weighted by Crippen LogP contribution is -2.35. The van der Waals surface area contributed by atoms with Crippen LogP contribution in [0.5, 0.6) is 0 Å². The number of rotatable bonds is 9. The van der Waals surface area contributed by atoms with Crippen molar-refractivity contribution in [1.29, 1.82) is 0 Å². The van der Waals surface area contributed by atoms with Crippen LogP contribution in [0.3, 0.4) is 0 Å². The fraction of sp³-hybridized carbons (Fsp3) is 0.364. The largest absolute Gasteiger partial charge is 0.456 e. The third-order valence-corrected chi connectivity index (χ3v) is 7.77. The summed E-state index contributed by atoms with van der Waals surface area (Å²) in [6, 6.07) is 11.9. The topological polar surface area (TPSA) is 92.8 Å². The van der Waals surface area contributed by atoms with E-state index in [0.29, 0.717) is 24.5 Å². The lowest BCUT2D eigenvalue weighted by atomic mass is 10.2. The number of benzene rings is 2. The van der Waals surface area contributed by atoms with Crippen LogP contribution < -0.4 is 5.32 Å². The second-order valence-corrected chi connectivity index (χ2v) is 10.4. The van der Waals surface area contributed by atoms with Crippen LogP contribution in [0.15, 0.2) is 58.3 Å². The second kappa shape index (κ2) is 11.4. The van der Waals surface area contributed by atoms with E-state index >= 15 is 0 Å². The highest BCUT2D eigenvalue weighted by molar-refractivity contribution is 7.99. The number of amides is 1. The number of halogens is 1. The highest BCUT2D eigenvalue weighted by atomic mass is 32.2. The number of hydrogen-bond acceptors (Lipinski definition) is 6. The van der Waals surface area contributed by atoms with Crippen molar-refractivity contribution in [3.05, 3.63) is 54.3 Å². The zero-order chi connectivity index (χ0) is 23.0. The lowest BCUT2D eigenvalue weighted by Gasteiger charge is -2.25. The van der Waals surface area contributed by atoms with Crippen molar-refractivity contribution < 1.29 is 27.1 Å². The summed E-state index contributed by atoms with van der Waals surface area (Å²) < 4.78 is 44.6. The molecule has 0 aromatic heterocycles. The summed E-state index contributed by atoms with van der Waals surface area (Å²) >= 11 is 1.39. The molecular formula is C22H25FN2O5S2. The van der Waals surface area contributed by atoms with Gasteiger partial charge in [0.2, 0.25) is 10.0 Å². The number of nitrogens with one attached hydrogen (secondary N) is 1. The Morgan fingerprint density at radius 2 is 1.66 bits per heavy atom. The first-order valence-corrected chi connectivity index (χ1v) is 12.7. The number of ether oxygens (including phenoxy) is 1. The molecule has 1 fully saturated rings. The number of carbonyl (C=O) groups is 2. The van der Waals surface area contributed by atoms with Gasteiger partial charge < -0.3 is 10.1 Å². The second-order valence-electron chi connectivity index (χ2n) is 7.25. The smallest absolute Gasteiger partial charge is 0.307 e. The van der Waals surface area contributed by atoms with Crippen molar-refractivity contribution in [3.8, 4) is 0 Å². The molecule has 172 valence electrons. The molecule has 32 heavy (non-hydrogen) atoms. The SMILES string of the molecule is O=C(COC(=O)CCSc1ccc(F)cc1)Nc1ccc(S(=O)(=O)N2CCCCC2)cc1. The molecule has 7 nitrogen and oxygen atoms in total. The first kappa shape index (κ1) is 24.2. The van der Waals surface area contributed by atoms with Crippen LogP contribution in [0.25, 0.3) is 0 Å². The highest BCUT2D eigenvalue weighted by Gasteiger charge is 2.25. The van der Waals surface area contributed by atoms with Crippen LogP contribution in [0.2, 0.25) is 0 Å². The lowest BCUT2D eigenvalue weighted by molar-refractivity contribution is -0.146. The van der Waals surface area contributed by atoms with Crippen molar-refractivity contribution in [3.63, 3.8) is 0 Å². The molecule has 1 amide bonds. The van der Waals surface area contributed by atoms with Gasteiger partial charge in [0.25, 0.3) is 5.91 Å². The molecule has 0 aliphatic carbocycles. The van der Waals surface area contributed by atoms with E-state index in [1.54, 1.807) is 12.1 Å². The van der Waals surface area contributed by atoms with Crippen LogP contribution in [0, 0.1) is 5.82 Å². The molecule has 3 rings (SSSR count). The molecule has 10 heteroatoms. The number of esters is 1. The van der Waals surface area contributed by atoms with Gasteiger partial charge in [-0.1, -0.05) is 6.42 Å². The molecule has 0 saturated carbocycles. The van der Waals surface area contributed by atoms with Crippen LogP contribution in [-0.2, 0) is 24.3 Å². The molecular weight excluding hydrogens is 455 g/mol. The maximum atomic E-state index is 12.9. The quantitative estimate of drug-likeness (QED) is 0.435.